The van der Waals surface area contributed by atoms with E-state index in [9.17, 15) is 4.79 Å². The number of hydrogen-bond donors (Lipinski definition) is 2. The second kappa shape index (κ2) is 7.38. The van der Waals surface area contributed by atoms with Crippen LogP contribution in [0.3, 0.4) is 0 Å². The SMILES string of the molecule is COc1ccc(NC(=O)C(C)Nc2ccc(C)c(C)c2)cc1Cl. The summed E-state index contributed by atoms with van der Waals surface area (Å²) in [5.74, 6) is 0.440. The van der Waals surface area contributed by atoms with Gasteiger partial charge in [0.1, 0.15) is 11.8 Å². The number of halogens is 1. The van der Waals surface area contributed by atoms with E-state index >= 15 is 0 Å². The molecule has 0 bridgehead atoms. The first kappa shape index (κ1) is 17.2. The van der Waals surface area contributed by atoms with Gasteiger partial charge in [-0.2, -0.15) is 0 Å². The van der Waals surface area contributed by atoms with Crippen molar-refractivity contribution >= 4 is 28.9 Å². The fourth-order valence-corrected chi connectivity index (χ4v) is 2.40. The predicted octanol–water partition coefficient (Wildman–Crippen LogP) is 4.40. The van der Waals surface area contributed by atoms with Crippen LogP contribution in [0.2, 0.25) is 5.02 Å². The third-order valence-corrected chi connectivity index (χ3v) is 4.00. The Hall–Kier alpha value is -2.20. The number of ether oxygens (including phenoxy) is 1. The highest BCUT2D eigenvalue weighted by Crippen LogP contribution is 2.27. The zero-order valence-electron chi connectivity index (χ0n) is 13.7. The molecule has 0 saturated carbocycles. The monoisotopic (exact) mass is 332 g/mol. The Morgan fingerprint density at radius 3 is 2.39 bits per heavy atom. The summed E-state index contributed by atoms with van der Waals surface area (Å²) >= 11 is 6.06. The van der Waals surface area contributed by atoms with E-state index in [4.69, 9.17) is 16.3 Å². The third-order valence-electron chi connectivity index (χ3n) is 3.70. The number of carbonyl (C=O) groups excluding carboxylic acids is 1. The number of carbonyl (C=O) groups is 1. The van der Waals surface area contributed by atoms with Crippen molar-refractivity contribution in [1.29, 1.82) is 0 Å². The van der Waals surface area contributed by atoms with Crippen molar-refractivity contribution in [2.45, 2.75) is 26.8 Å². The zero-order chi connectivity index (χ0) is 17.0. The minimum Gasteiger partial charge on any atom is -0.495 e. The molecule has 23 heavy (non-hydrogen) atoms. The average Bonchev–Trinajstić information content (AvgIpc) is 2.51. The summed E-state index contributed by atoms with van der Waals surface area (Å²) in [5.41, 5.74) is 3.96. The van der Waals surface area contributed by atoms with Crippen LogP contribution in [-0.4, -0.2) is 19.1 Å². The van der Waals surface area contributed by atoms with Gasteiger partial charge in [0.15, 0.2) is 0 Å². The molecular weight excluding hydrogens is 312 g/mol. The van der Waals surface area contributed by atoms with Gasteiger partial charge in [0.2, 0.25) is 5.91 Å². The standard InChI is InChI=1S/C18H21ClN2O2/c1-11-5-6-14(9-12(11)2)20-13(3)18(22)21-15-7-8-17(23-4)16(19)10-15/h5-10,13,20H,1-4H3,(H,21,22). The predicted molar refractivity (Wildman–Crippen MR) is 95.6 cm³/mol. The van der Waals surface area contributed by atoms with E-state index in [-0.39, 0.29) is 11.9 Å². The molecule has 0 aliphatic carbocycles. The topological polar surface area (TPSA) is 50.4 Å². The van der Waals surface area contributed by atoms with E-state index in [2.05, 4.69) is 17.6 Å². The molecule has 0 aliphatic heterocycles. The fourth-order valence-electron chi connectivity index (χ4n) is 2.14. The molecule has 5 heteroatoms. The van der Waals surface area contributed by atoms with Crippen LogP contribution < -0.4 is 15.4 Å². The van der Waals surface area contributed by atoms with Crippen LogP contribution in [0.4, 0.5) is 11.4 Å². The van der Waals surface area contributed by atoms with E-state index in [1.165, 1.54) is 11.1 Å². The van der Waals surface area contributed by atoms with Gasteiger partial charge in [-0.3, -0.25) is 4.79 Å². The van der Waals surface area contributed by atoms with Gasteiger partial charge in [0.25, 0.3) is 0 Å². The van der Waals surface area contributed by atoms with Crippen LogP contribution in [0.25, 0.3) is 0 Å². The zero-order valence-corrected chi connectivity index (χ0v) is 14.5. The van der Waals surface area contributed by atoms with E-state index in [1.54, 1.807) is 25.3 Å². The van der Waals surface area contributed by atoms with Crippen molar-refractivity contribution in [2.75, 3.05) is 17.7 Å². The molecule has 0 fully saturated rings. The molecule has 0 spiro atoms. The number of benzene rings is 2. The third kappa shape index (κ3) is 4.39. The van der Waals surface area contributed by atoms with Crippen molar-refractivity contribution in [1.82, 2.24) is 0 Å². The highest BCUT2D eigenvalue weighted by atomic mass is 35.5. The van der Waals surface area contributed by atoms with Crippen LogP contribution in [0.15, 0.2) is 36.4 Å². The first-order chi connectivity index (χ1) is 10.9. The Bertz CT molecular complexity index is 716. The molecule has 1 atom stereocenters. The molecule has 2 N–H and O–H groups in total. The van der Waals surface area contributed by atoms with Gasteiger partial charge < -0.3 is 15.4 Å². The van der Waals surface area contributed by atoms with Crippen molar-refractivity contribution in [3.8, 4) is 5.75 Å². The number of aryl methyl sites for hydroxylation is 2. The molecule has 4 nitrogen and oxygen atoms in total. The van der Waals surface area contributed by atoms with Crippen LogP contribution in [-0.2, 0) is 4.79 Å². The first-order valence-corrected chi connectivity index (χ1v) is 7.76. The Balaban J connectivity index is 2.02. The number of anilines is 2. The number of nitrogens with one attached hydrogen (secondary N) is 2. The van der Waals surface area contributed by atoms with Crippen LogP contribution in [0, 0.1) is 13.8 Å². The van der Waals surface area contributed by atoms with Gasteiger partial charge in [-0.15, -0.1) is 0 Å². The highest BCUT2D eigenvalue weighted by Gasteiger charge is 2.14. The maximum atomic E-state index is 12.3. The molecule has 0 saturated heterocycles. The molecule has 122 valence electrons. The molecule has 2 aromatic rings. The molecule has 2 rings (SSSR count). The summed E-state index contributed by atoms with van der Waals surface area (Å²) in [6.45, 7) is 5.92. The average molecular weight is 333 g/mol. The summed E-state index contributed by atoms with van der Waals surface area (Å²) in [6.07, 6.45) is 0. The summed E-state index contributed by atoms with van der Waals surface area (Å²) in [4.78, 5) is 12.3. The lowest BCUT2D eigenvalue weighted by Gasteiger charge is -2.16. The lowest BCUT2D eigenvalue weighted by atomic mass is 10.1. The van der Waals surface area contributed by atoms with Crippen LogP contribution in [0.5, 0.6) is 5.75 Å². The molecule has 1 amide bonds. The Kier molecular flexibility index (Phi) is 5.50. The lowest BCUT2D eigenvalue weighted by molar-refractivity contribution is -0.116. The largest absolute Gasteiger partial charge is 0.495 e. The second-order valence-electron chi connectivity index (χ2n) is 5.50. The normalized spacial score (nSPS) is 11.7. The Morgan fingerprint density at radius 2 is 1.78 bits per heavy atom. The van der Waals surface area contributed by atoms with Crippen LogP contribution in [0.1, 0.15) is 18.1 Å². The van der Waals surface area contributed by atoms with Crippen molar-refractivity contribution in [3.63, 3.8) is 0 Å². The Morgan fingerprint density at radius 1 is 1.09 bits per heavy atom. The fraction of sp³-hybridized carbons (Fsp3) is 0.278. The van der Waals surface area contributed by atoms with E-state index in [0.29, 0.717) is 16.5 Å². The van der Waals surface area contributed by atoms with Gasteiger partial charge in [-0.1, -0.05) is 17.7 Å². The second-order valence-corrected chi connectivity index (χ2v) is 5.91. The number of methoxy groups -OCH3 is 1. The van der Waals surface area contributed by atoms with Gasteiger partial charge >= 0.3 is 0 Å². The first-order valence-electron chi connectivity index (χ1n) is 7.39. The maximum Gasteiger partial charge on any atom is 0.246 e. The molecular formula is C18H21ClN2O2. The number of amides is 1. The summed E-state index contributed by atoms with van der Waals surface area (Å²) in [7, 11) is 1.55. The van der Waals surface area contributed by atoms with E-state index in [0.717, 1.165) is 5.69 Å². The molecule has 0 aliphatic rings. The molecule has 0 radical (unpaired) electrons. The van der Waals surface area contributed by atoms with Crippen molar-refractivity contribution in [2.24, 2.45) is 0 Å². The summed E-state index contributed by atoms with van der Waals surface area (Å²) in [5, 5.41) is 6.49. The lowest BCUT2D eigenvalue weighted by Crippen LogP contribution is -2.31. The number of rotatable bonds is 5. The highest BCUT2D eigenvalue weighted by molar-refractivity contribution is 6.32. The minimum atomic E-state index is -0.377. The van der Waals surface area contributed by atoms with Crippen molar-refractivity contribution < 1.29 is 9.53 Å². The van der Waals surface area contributed by atoms with Gasteiger partial charge in [-0.25, -0.2) is 0 Å². The maximum absolute atomic E-state index is 12.3. The van der Waals surface area contributed by atoms with Gasteiger partial charge in [-0.05, 0) is 62.2 Å². The van der Waals surface area contributed by atoms with E-state index in [1.807, 2.05) is 32.0 Å². The van der Waals surface area contributed by atoms with E-state index < -0.39 is 0 Å². The van der Waals surface area contributed by atoms with Crippen molar-refractivity contribution in [3.05, 3.63) is 52.5 Å². The smallest absolute Gasteiger partial charge is 0.246 e. The number of hydrogen-bond acceptors (Lipinski definition) is 3. The van der Waals surface area contributed by atoms with Gasteiger partial charge in [0.05, 0.1) is 12.1 Å². The quantitative estimate of drug-likeness (QED) is 0.853. The summed E-state index contributed by atoms with van der Waals surface area (Å²) < 4.78 is 5.10. The molecule has 0 aromatic heterocycles. The Labute approximate surface area is 141 Å². The van der Waals surface area contributed by atoms with Crippen LogP contribution >= 0.6 is 11.6 Å². The summed E-state index contributed by atoms with van der Waals surface area (Å²) in [6, 6.07) is 10.8. The molecule has 1 unspecified atom stereocenters. The molecule has 2 aromatic carbocycles. The van der Waals surface area contributed by atoms with Gasteiger partial charge in [0, 0.05) is 11.4 Å². The molecule has 0 heterocycles. The minimum absolute atomic E-state index is 0.135.